The molecule has 0 fully saturated rings. The summed E-state index contributed by atoms with van der Waals surface area (Å²) in [7, 11) is 0. The molecule has 0 atom stereocenters. The van der Waals surface area contributed by atoms with E-state index >= 15 is 0 Å². The third kappa shape index (κ3) is 1.63. The molecular weight excluding hydrogens is 219 g/mol. The van der Waals surface area contributed by atoms with Crippen LogP contribution in [0.3, 0.4) is 0 Å². The first-order valence-electron chi connectivity index (χ1n) is 4.14. The van der Waals surface area contributed by atoms with Crippen molar-refractivity contribution in [2.24, 2.45) is 0 Å². The smallest absolute Gasteiger partial charge is 0.0790 e. The SMILES string of the molecule is Cc1c(Cl)cccc1-n1cc(Cl)cn1. The van der Waals surface area contributed by atoms with Crippen molar-refractivity contribution in [3.05, 3.63) is 46.2 Å². The number of hydrogen-bond acceptors (Lipinski definition) is 1. The van der Waals surface area contributed by atoms with Gasteiger partial charge in [0.1, 0.15) is 0 Å². The molecule has 0 bridgehead atoms. The van der Waals surface area contributed by atoms with Crippen LogP contribution in [-0.2, 0) is 0 Å². The fraction of sp³-hybridized carbons (Fsp3) is 0.100. The highest BCUT2D eigenvalue weighted by Crippen LogP contribution is 2.22. The van der Waals surface area contributed by atoms with Crippen LogP contribution >= 0.6 is 23.2 Å². The maximum atomic E-state index is 6.00. The van der Waals surface area contributed by atoms with Crippen LogP contribution in [-0.4, -0.2) is 9.78 Å². The molecule has 1 aromatic heterocycles. The second-order valence-corrected chi connectivity index (χ2v) is 3.83. The number of rotatable bonds is 1. The standard InChI is InChI=1S/C10H8Cl2N2/c1-7-9(12)3-2-4-10(7)14-6-8(11)5-13-14/h2-6H,1H3. The molecule has 0 radical (unpaired) electrons. The Kier molecular flexibility index (Phi) is 2.48. The molecule has 72 valence electrons. The minimum atomic E-state index is 0.615. The highest BCUT2D eigenvalue weighted by Gasteiger charge is 2.04. The molecule has 0 spiro atoms. The normalized spacial score (nSPS) is 10.5. The average molecular weight is 227 g/mol. The van der Waals surface area contributed by atoms with Gasteiger partial charge in [-0.1, -0.05) is 29.3 Å². The van der Waals surface area contributed by atoms with Gasteiger partial charge in [-0.05, 0) is 24.6 Å². The minimum Gasteiger partial charge on any atom is -0.239 e. The summed E-state index contributed by atoms with van der Waals surface area (Å²) in [4.78, 5) is 0. The number of hydrogen-bond donors (Lipinski definition) is 0. The minimum absolute atomic E-state index is 0.615. The Morgan fingerprint density at radius 2 is 2.07 bits per heavy atom. The Labute approximate surface area is 92.1 Å². The van der Waals surface area contributed by atoms with Crippen molar-refractivity contribution in [1.82, 2.24) is 9.78 Å². The summed E-state index contributed by atoms with van der Waals surface area (Å²) in [5.74, 6) is 0. The topological polar surface area (TPSA) is 17.8 Å². The van der Waals surface area contributed by atoms with Crippen LogP contribution in [0.4, 0.5) is 0 Å². The summed E-state index contributed by atoms with van der Waals surface area (Å²) in [6.45, 7) is 1.95. The van der Waals surface area contributed by atoms with Gasteiger partial charge in [-0.15, -0.1) is 0 Å². The van der Waals surface area contributed by atoms with Gasteiger partial charge in [0.2, 0.25) is 0 Å². The van der Waals surface area contributed by atoms with Crippen LogP contribution in [0.5, 0.6) is 0 Å². The molecule has 0 aliphatic carbocycles. The maximum Gasteiger partial charge on any atom is 0.0790 e. The molecular formula is C10H8Cl2N2. The Bertz CT molecular complexity index is 463. The molecule has 2 aromatic rings. The molecule has 0 saturated heterocycles. The third-order valence-corrected chi connectivity index (χ3v) is 2.64. The van der Waals surface area contributed by atoms with Crippen LogP contribution in [0.25, 0.3) is 5.69 Å². The second-order valence-electron chi connectivity index (χ2n) is 2.99. The monoisotopic (exact) mass is 226 g/mol. The first-order chi connectivity index (χ1) is 6.68. The van der Waals surface area contributed by atoms with Gasteiger partial charge in [0.25, 0.3) is 0 Å². The van der Waals surface area contributed by atoms with Crippen molar-refractivity contribution in [3.63, 3.8) is 0 Å². The zero-order valence-electron chi connectivity index (χ0n) is 7.54. The van der Waals surface area contributed by atoms with E-state index in [1.54, 1.807) is 17.1 Å². The highest BCUT2D eigenvalue weighted by molar-refractivity contribution is 6.31. The molecule has 1 heterocycles. The molecule has 0 aliphatic rings. The first kappa shape index (κ1) is 9.56. The fourth-order valence-electron chi connectivity index (χ4n) is 1.28. The zero-order chi connectivity index (χ0) is 10.1. The molecule has 2 nitrogen and oxygen atoms in total. The summed E-state index contributed by atoms with van der Waals surface area (Å²) in [5.41, 5.74) is 1.94. The van der Waals surface area contributed by atoms with E-state index in [0.717, 1.165) is 16.3 Å². The van der Waals surface area contributed by atoms with Crippen LogP contribution in [0.2, 0.25) is 10.0 Å². The summed E-state index contributed by atoms with van der Waals surface area (Å²) in [6, 6.07) is 5.69. The highest BCUT2D eigenvalue weighted by atomic mass is 35.5. The van der Waals surface area contributed by atoms with Crippen molar-refractivity contribution in [2.75, 3.05) is 0 Å². The number of aromatic nitrogens is 2. The number of nitrogens with zero attached hydrogens (tertiary/aromatic N) is 2. The Morgan fingerprint density at radius 1 is 1.29 bits per heavy atom. The van der Waals surface area contributed by atoms with Crippen LogP contribution < -0.4 is 0 Å². The molecule has 2 rings (SSSR count). The number of halogens is 2. The molecule has 0 N–H and O–H groups in total. The lowest BCUT2D eigenvalue weighted by molar-refractivity contribution is 0.873. The Morgan fingerprint density at radius 3 is 2.71 bits per heavy atom. The average Bonchev–Trinajstić information content (AvgIpc) is 2.57. The van der Waals surface area contributed by atoms with E-state index in [4.69, 9.17) is 23.2 Å². The quantitative estimate of drug-likeness (QED) is 0.729. The van der Waals surface area contributed by atoms with Crippen molar-refractivity contribution < 1.29 is 0 Å². The van der Waals surface area contributed by atoms with Crippen LogP contribution in [0, 0.1) is 6.92 Å². The van der Waals surface area contributed by atoms with Gasteiger partial charge in [-0.3, -0.25) is 0 Å². The molecule has 4 heteroatoms. The predicted molar refractivity (Wildman–Crippen MR) is 58.3 cm³/mol. The maximum absolute atomic E-state index is 6.00. The van der Waals surface area contributed by atoms with Gasteiger partial charge in [-0.2, -0.15) is 5.10 Å². The predicted octanol–water partition coefficient (Wildman–Crippen LogP) is 3.49. The van der Waals surface area contributed by atoms with Crippen molar-refractivity contribution in [2.45, 2.75) is 6.92 Å². The Balaban J connectivity index is 2.57. The van der Waals surface area contributed by atoms with E-state index in [1.165, 1.54) is 0 Å². The van der Waals surface area contributed by atoms with Gasteiger partial charge >= 0.3 is 0 Å². The summed E-state index contributed by atoms with van der Waals surface area (Å²) >= 11 is 11.8. The van der Waals surface area contributed by atoms with Gasteiger partial charge in [0.15, 0.2) is 0 Å². The van der Waals surface area contributed by atoms with Crippen molar-refractivity contribution in [1.29, 1.82) is 0 Å². The molecule has 0 saturated carbocycles. The van der Waals surface area contributed by atoms with Gasteiger partial charge in [0, 0.05) is 11.2 Å². The fourth-order valence-corrected chi connectivity index (χ4v) is 1.58. The number of benzene rings is 1. The van der Waals surface area contributed by atoms with Gasteiger partial charge in [0.05, 0.1) is 16.9 Å². The third-order valence-electron chi connectivity index (χ3n) is 2.04. The molecule has 0 unspecified atom stereocenters. The van der Waals surface area contributed by atoms with E-state index in [2.05, 4.69) is 5.10 Å². The second kappa shape index (κ2) is 3.64. The molecule has 0 amide bonds. The molecule has 14 heavy (non-hydrogen) atoms. The summed E-state index contributed by atoms with van der Waals surface area (Å²) in [5, 5.41) is 5.46. The van der Waals surface area contributed by atoms with E-state index in [1.807, 2.05) is 25.1 Å². The van der Waals surface area contributed by atoms with E-state index < -0.39 is 0 Å². The van der Waals surface area contributed by atoms with E-state index in [-0.39, 0.29) is 0 Å². The van der Waals surface area contributed by atoms with Gasteiger partial charge < -0.3 is 0 Å². The summed E-state index contributed by atoms with van der Waals surface area (Å²) in [6.07, 6.45) is 3.35. The van der Waals surface area contributed by atoms with Crippen molar-refractivity contribution >= 4 is 23.2 Å². The molecule has 0 aliphatic heterocycles. The summed E-state index contributed by atoms with van der Waals surface area (Å²) < 4.78 is 1.71. The van der Waals surface area contributed by atoms with Gasteiger partial charge in [-0.25, -0.2) is 4.68 Å². The first-order valence-corrected chi connectivity index (χ1v) is 4.90. The van der Waals surface area contributed by atoms with Crippen molar-refractivity contribution in [3.8, 4) is 5.69 Å². The lowest BCUT2D eigenvalue weighted by Crippen LogP contribution is -1.97. The van der Waals surface area contributed by atoms with Crippen LogP contribution in [0.1, 0.15) is 5.56 Å². The zero-order valence-corrected chi connectivity index (χ0v) is 9.05. The molecule has 1 aromatic carbocycles. The lowest BCUT2D eigenvalue weighted by atomic mass is 10.2. The van der Waals surface area contributed by atoms with Crippen LogP contribution in [0.15, 0.2) is 30.6 Å². The van der Waals surface area contributed by atoms with E-state index in [0.29, 0.717) is 5.02 Å². The van der Waals surface area contributed by atoms with E-state index in [9.17, 15) is 0 Å². The Hall–Kier alpha value is -0.990. The largest absolute Gasteiger partial charge is 0.239 e. The lowest BCUT2D eigenvalue weighted by Gasteiger charge is -2.06.